The van der Waals surface area contributed by atoms with Crippen LogP contribution in [0.25, 0.3) is 0 Å². The maximum atomic E-state index is 8.50. The predicted molar refractivity (Wildman–Crippen MR) is 78.7 cm³/mol. The van der Waals surface area contributed by atoms with Crippen LogP contribution in [-0.4, -0.2) is 57.6 Å². The fraction of sp³-hybridized carbons (Fsp3) is 0.600. The van der Waals surface area contributed by atoms with Crippen LogP contribution in [0.2, 0.25) is 0 Å². The average molecular weight is 299 g/mol. The summed E-state index contributed by atoms with van der Waals surface area (Å²) in [5.74, 6) is 0. The van der Waals surface area contributed by atoms with Crippen LogP contribution >= 0.6 is 0 Å². The molecule has 0 aromatic heterocycles. The minimum Gasteiger partial charge on any atom is -0.394 e. The number of ether oxygens (including phenoxy) is 4. The summed E-state index contributed by atoms with van der Waals surface area (Å²) >= 11 is 0. The zero-order chi connectivity index (χ0) is 15.2. The number of aliphatic hydroxyl groups excluding tert-OH is 1. The molecular weight excluding hydrogens is 274 g/mol. The van der Waals surface area contributed by atoms with E-state index >= 15 is 0 Å². The van der Waals surface area contributed by atoms with Gasteiger partial charge in [-0.3, -0.25) is 0 Å². The molecule has 3 N–H and O–H groups in total. The van der Waals surface area contributed by atoms with Gasteiger partial charge in [-0.25, -0.2) is 0 Å². The first-order valence-corrected chi connectivity index (χ1v) is 7.08. The van der Waals surface area contributed by atoms with Crippen molar-refractivity contribution < 1.29 is 24.1 Å². The highest BCUT2D eigenvalue weighted by Crippen LogP contribution is 2.01. The Balaban J connectivity index is 1.88. The second-order valence-corrected chi connectivity index (χ2v) is 4.36. The Labute approximate surface area is 125 Å². The minimum atomic E-state index is -0.446. The Bertz CT molecular complexity index is 336. The maximum absolute atomic E-state index is 8.50. The summed E-state index contributed by atoms with van der Waals surface area (Å²) in [6, 6.07) is 9.85. The molecule has 0 aliphatic heterocycles. The third-order valence-corrected chi connectivity index (χ3v) is 2.57. The highest BCUT2D eigenvalue weighted by atomic mass is 16.6. The monoisotopic (exact) mass is 299 g/mol. The van der Waals surface area contributed by atoms with Crippen molar-refractivity contribution in [2.24, 2.45) is 5.73 Å². The van der Waals surface area contributed by atoms with Gasteiger partial charge >= 0.3 is 0 Å². The molecule has 1 aromatic rings. The Morgan fingerprint density at radius 1 is 0.905 bits per heavy atom. The molecule has 6 heteroatoms. The molecule has 0 amide bonds. The molecular formula is C15H25NO5. The standard InChI is InChI=1S/C15H25NO5/c16-15(21-12-14-4-2-1-3-5-14)13-20-11-10-19-9-8-18-7-6-17/h1-5,15,17H,6-13,16H2. The molecule has 6 nitrogen and oxygen atoms in total. The molecule has 0 fully saturated rings. The first kappa shape index (κ1) is 18.0. The first-order valence-electron chi connectivity index (χ1n) is 7.08. The van der Waals surface area contributed by atoms with Gasteiger partial charge in [-0.1, -0.05) is 30.3 Å². The lowest BCUT2D eigenvalue weighted by Gasteiger charge is -2.13. The zero-order valence-electron chi connectivity index (χ0n) is 12.3. The van der Waals surface area contributed by atoms with E-state index in [-0.39, 0.29) is 6.61 Å². The van der Waals surface area contributed by atoms with Crippen molar-refractivity contribution >= 4 is 0 Å². The lowest BCUT2D eigenvalue weighted by molar-refractivity contribution is -0.0399. The number of aliphatic hydroxyl groups is 1. The maximum Gasteiger partial charge on any atom is 0.129 e. The summed E-state index contributed by atoms with van der Waals surface area (Å²) < 4.78 is 21.1. The number of benzene rings is 1. The van der Waals surface area contributed by atoms with E-state index in [9.17, 15) is 0 Å². The molecule has 1 unspecified atom stereocenters. The quantitative estimate of drug-likeness (QED) is 0.408. The fourth-order valence-corrected chi connectivity index (χ4v) is 1.53. The summed E-state index contributed by atoms with van der Waals surface area (Å²) in [7, 11) is 0. The van der Waals surface area contributed by atoms with Gasteiger partial charge in [-0.2, -0.15) is 0 Å². The summed E-state index contributed by atoms with van der Waals surface area (Å²) in [5.41, 5.74) is 6.87. The SMILES string of the molecule is NC(COCCOCCOCCO)OCc1ccccc1. The molecule has 0 saturated heterocycles. The molecule has 0 bridgehead atoms. The highest BCUT2D eigenvalue weighted by Gasteiger charge is 2.03. The van der Waals surface area contributed by atoms with E-state index in [0.717, 1.165) is 5.56 Å². The molecule has 1 rings (SSSR count). The van der Waals surface area contributed by atoms with Crippen molar-refractivity contribution in [2.75, 3.05) is 46.2 Å². The van der Waals surface area contributed by atoms with E-state index in [2.05, 4.69) is 0 Å². The van der Waals surface area contributed by atoms with Crippen molar-refractivity contribution in [3.05, 3.63) is 35.9 Å². The van der Waals surface area contributed by atoms with Gasteiger partial charge in [0.25, 0.3) is 0 Å². The molecule has 21 heavy (non-hydrogen) atoms. The van der Waals surface area contributed by atoms with Gasteiger partial charge < -0.3 is 29.8 Å². The number of hydrogen-bond acceptors (Lipinski definition) is 6. The van der Waals surface area contributed by atoms with Crippen LogP contribution in [0.15, 0.2) is 30.3 Å². The van der Waals surface area contributed by atoms with Crippen LogP contribution in [0.3, 0.4) is 0 Å². The predicted octanol–water partition coefficient (Wildman–Crippen LogP) is 0.530. The Morgan fingerprint density at radius 2 is 1.52 bits per heavy atom. The number of rotatable bonds is 13. The van der Waals surface area contributed by atoms with E-state index in [1.165, 1.54) is 0 Å². The smallest absolute Gasteiger partial charge is 0.129 e. The third kappa shape index (κ3) is 10.4. The molecule has 0 saturated carbocycles. The zero-order valence-corrected chi connectivity index (χ0v) is 12.3. The van der Waals surface area contributed by atoms with Gasteiger partial charge in [0.15, 0.2) is 0 Å². The number of nitrogens with two attached hydrogens (primary N) is 1. The van der Waals surface area contributed by atoms with Crippen molar-refractivity contribution in [2.45, 2.75) is 12.8 Å². The van der Waals surface area contributed by atoms with Crippen LogP contribution in [0.1, 0.15) is 5.56 Å². The molecule has 0 heterocycles. The average Bonchev–Trinajstić information content (AvgIpc) is 2.52. The topological polar surface area (TPSA) is 83.2 Å². The van der Waals surface area contributed by atoms with Gasteiger partial charge in [0, 0.05) is 0 Å². The first-order chi connectivity index (χ1) is 10.3. The molecule has 1 atom stereocenters. The molecule has 120 valence electrons. The fourth-order valence-electron chi connectivity index (χ4n) is 1.53. The minimum absolute atomic E-state index is 0.0317. The summed E-state index contributed by atoms with van der Waals surface area (Å²) in [6.45, 7) is 3.08. The normalized spacial score (nSPS) is 12.5. The lowest BCUT2D eigenvalue weighted by atomic mass is 10.2. The van der Waals surface area contributed by atoms with Crippen LogP contribution < -0.4 is 5.73 Å². The largest absolute Gasteiger partial charge is 0.394 e. The van der Waals surface area contributed by atoms with Crippen LogP contribution in [0, 0.1) is 0 Å². The summed E-state index contributed by atoms with van der Waals surface area (Å²) in [4.78, 5) is 0. The molecule has 0 spiro atoms. The Kier molecular flexibility index (Phi) is 10.9. The molecule has 0 aliphatic carbocycles. The lowest BCUT2D eigenvalue weighted by Crippen LogP contribution is -2.30. The van der Waals surface area contributed by atoms with Crippen molar-refractivity contribution in [3.8, 4) is 0 Å². The van der Waals surface area contributed by atoms with Crippen molar-refractivity contribution in [1.82, 2.24) is 0 Å². The second-order valence-electron chi connectivity index (χ2n) is 4.36. The van der Waals surface area contributed by atoms with Crippen molar-refractivity contribution in [1.29, 1.82) is 0 Å². The van der Waals surface area contributed by atoms with Crippen LogP contribution in [0.5, 0.6) is 0 Å². The molecule has 0 radical (unpaired) electrons. The van der Waals surface area contributed by atoms with Gasteiger partial charge in [-0.05, 0) is 5.56 Å². The van der Waals surface area contributed by atoms with E-state index in [4.69, 9.17) is 29.8 Å². The number of hydrogen-bond donors (Lipinski definition) is 2. The molecule has 1 aromatic carbocycles. The second kappa shape index (κ2) is 12.7. The van der Waals surface area contributed by atoms with E-state index in [0.29, 0.717) is 46.2 Å². The Morgan fingerprint density at radius 3 is 2.19 bits per heavy atom. The third-order valence-electron chi connectivity index (χ3n) is 2.57. The van der Waals surface area contributed by atoms with Gasteiger partial charge in [0.05, 0.1) is 52.9 Å². The van der Waals surface area contributed by atoms with Gasteiger partial charge in [0.2, 0.25) is 0 Å². The van der Waals surface area contributed by atoms with E-state index < -0.39 is 6.23 Å². The highest BCUT2D eigenvalue weighted by molar-refractivity contribution is 5.13. The van der Waals surface area contributed by atoms with Gasteiger partial charge in [-0.15, -0.1) is 0 Å². The Hall–Kier alpha value is -1.02. The summed E-state index contributed by atoms with van der Waals surface area (Å²) in [5, 5.41) is 8.50. The van der Waals surface area contributed by atoms with Crippen molar-refractivity contribution in [3.63, 3.8) is 0 Å². The van der Waals surface area contributed by atoms with Gasteiger partial charge in [0.1, 0.15) is 6.23 Å². The summed E-state index contributed by atoms with van der Waals surface area (Å²) in [6.07, 6.45) is -0.446. The van der Waals surface area contributed by atoms with E-state index in [1.807, 2.05) is 30.3 Å². The molecule has 0 aliphatic rings. The van der Waals surface area contributed by atoms with Crippen LogP contribution in [-0.2, 0) is 25.6 Å². The van der Waals surface area contributed by atoms with E-state index in [1.54, 1.807) is 0 Å². The van der Waals surface area contributed by atoms with Crippen LogP contribution in [0.4, 0.5) is 0 Å².